The Kier molecular flexibility index (Phi) is 27.6. The van der Waals surface area contributed by atoms with E-state index in [1.54, 1.807) is 16.2 Å². The molecule has 17 aromatic rings. The number of hydrogen-bond donors (Lipinski definition) is 5. The van der Waals surface area contributed by atoms with E-state index >= 15 is 0 Å². The normalized spacial score (nSPS) is 15.1. The number of carbonyl (C=O) groups is 5. The molecule has 706 valence electrons. The minimum absolute atomic E-state index is 0.0366. The first-order chi connectivity index (χ1) is 66.3. The highest BCUT2D eigenvalue weighted by atomic mass is 32.1. The first-order valence-electron chi connectivity index (χ1n) is 46.6. The van der Waals surface area contributed by atoms with E-state index in [0.717, 1.165) is 159 Å². The zero-order chi connectivity index (χ0) is 96.3. The molecule has 0 saturated carbocycles. The van der Waals surface area contributed by atoms with Gasteiger partial charge in [-0.2, -0.15) is 0 Å². The fourth-order valence-electron chi connectivity index (χ4n) is 16.9. The summed E-state index contributed by atoms with van der Waals surface area (Å²) in [5.74, 6) is 2.33. The Morgan fingerprint density at radius 3 is 1.01 bits per heavy atom. The molecule has 9 aromatic carbocycles. The lowest BCUT2D eigenvalue weighted by Gasteiger charge is -2.32. The first kappa shape index (κ1) is 94.8. The van der Waals surface area contributed by atoms with E-state index in [1.165, 1.54) is 50.7 Å². The summed E-state index contributed by atoms with van der Waals surface area (Å²) >= 11 is 6.03. The number of ether oxygens (including phenoxy) is 3. The molecule has 4 fully saturated rings. The van der Waals surface area contributed by atoms with Gasteiger partial charge in [-0.15, -0.1) is 45.3 Å². The number of anilines is 8. The minimum atomic E-state index is -0.562. The van der Waals surface area contributed by atoms with Crippen LogP contribution in [0.5, 0.6) is 0 Å². The number of piperazine rings is 1. The molecule has 5 N–H and O–H groups in total. The summed E-state index contributed by atoms with van der Waals surface area (Å²) in [6, 6.07) is 67.4. The van der Waals surface area contributed by atoms with E-state index in [2.05, 4.69) is 194 Å². The van der Waals surface area contributed by atoms with Gasteiger partial charge in [0.15, 0.2) is 0 Å². The fraction of sp³-hybridized carbons (Fsp3) is 0.306. The SMILES string of the molecule is CC(C)(C)OC(=O)NC1CCN(C(=O)c2cc3c(ccc4cnc(Nc5cccc(C(C)(C)C)c5)nc43)s2)C1.CC(C)(C)c1cccc(Nc2ncc3ccc4sc(C(=O)N5CCOCC5)cc4c3n2)c1.CN1CCN(C(=O)c2cc3c(ccc4cnc(Nc5cccc(C(C)(C)C)c5)nc43)s2)CC1.O=C(c1cc2c(ccc3cnc(Nc4cccc(-c5ccccc5)c4)nc32)s1)N1CCOCC1. The van der Waals surface area contributed by atoms with Crippen LogP contribution >= 0.6 is 45.3 Å². The van der Waals surface area contributed by atoms with E-state index < -0.39 is 11.7 Å². The molecule has 0 radical (unpaired) electrons. The Balaban J connectivity index is 0.000000122. The van der Waals surface area contributed by atoms with Crippen LogP contribution in [0.25, 0.3) is 95.1 Å². The van der Waals surface area contributed by atoms with Gasteiger partial charge < -0.3 is 65.3 Å². The van der Waals surface area contributed by atoms with Gasteiger partial charge >= 0.3 is 6.09 Å². The smallest absolute Gasteiger partial charge is 0.407 e. The second-order valence-electron chi connectivity index (χ2n) is 39.1. The van der Waals surface area contributed by atoms with Gasteiger partial charge in [-0.1, -0.05) is 141 Å². The highest BCUT2D eigenvalue weighted by Crippen LogP contribution is 2.40. The van der Waals surface area contributed by atoms with Crippen molar-refractivity contribution in [3.05, 3.63) is 261 Å². The van der Waals surface area contributed by atoms with Crippen molar-refractivity contribution < 1.29 is 38.2 Å². The molecule has 30 heteroatoms. The summed E-state index contributed by atoms with van der Waals surface area (Å²) in [4.78, 5) is 115. The lowest BCUT2D eigenvalue weighted by atomic mass is 9.87. The number of thiophene rings is 4. The van der Waals surface area contributed by atoms with Crippen molar-refractivity contribution in [2.24, 2.45) is 0 Å². The molecule has 4 saturated heterocycles. The maximum atomic E-state index is 13.4. The Morgan fingerprint density at radius 1 is 0.348 bits per heavy atom. The van der Waals surface area contributed by atoms with Crippen LogP contribution in [0, 0.1) is 0 Å². The average molecular weight is 1920 g/mol. The van der Waals surface area contributed by atoms with Gasteiger partial charge in [0.25, 0.3) is 23.6 Å². The van der Waals surface area contributed by atoms with Gasteiger partial charge in [0, 0.05) is 175 Å². The molecular formula is C108H112N18O8S4. The first-order valence-corrected chi connectivity index (χ1v) is 49.9. The Morgan fingerprint density at radius 2 is 0.667 bits per heavy atom. The maximum absolute atomic E-state index is 13.4. The third-order valence-corrected chi connectivity index (χ3v) is 28.9. The topological polar surface area (TPSA) is 293 Å². The quantitative estimate of drug-likeness (QED) is 0.0676. The molecule has 0 spiro atoms. The number of fused-ring (bicyclic) bond motifs is 12. The largest absolute Gasteiger partial charge is 0.444 e. The number of rotatable bonds is 14. The molecule has 4 aliphatic rings. The number of carbonyl (C=O) groups excluding carboxylic acids is 5. The summed E-state index contributed by atoms with van der Waals surface area (Å²) in [5, 5.41) is 23.9. The number of nitrogens with zero attached hydrogens (tertiary/aromatic N) is 13. The molecule has 1 unspecified atom stereocenters. The van der Waals surface area contributed by atoms with Crippen LogP contribution in [0.2, 0.25) is 0 Å². The molecule has 0 aliphatic carbocycles. The maximum Gasteiger partial charge on any atom is 0.407 e. The number of likely N-dealkylation sites (N-methyl/N-ethyl adjacent to an activating group) is 1. The van der Waals surface area contributed by atoms with E-state index in [1.807, 2.05) is 188 Å². The summed E-state index contributed by atoms with van der Waals surface area (Å²) in [7, 11) is 2.10. The van der Waals surface area contributed by atoms with Crippen molar-refractivity contribution in [2.45, 2.75) is 117 Å². The Hall–Kier alpha value is -13.6. The van der Waals surface area contributed by atoms with Crippen LogP contribution in [0.15, 0.2) is 225 Å². The summed E-state index contributed by atoms with van der Waals surface area (Å²) in [6.45, 7) is 34.6. The van der Waals surface area contributed by atoms with Gasteiger partial charge in [-0.3, -0.25) is 19.2 Å². The highest BCUT2D eigenvalue weighted by molar-refractivity contribution is 7.22. The predicted octanol–water partition coefficient (Wildman–Crippen LogP) is 23.0. The standard InChI is InChI=1S/C30H35N5O3S.C27H22N4O2S.C26H29N5OS.C25H26N4O2S/c1-29(2,3)19-8-7-9-20(14-19)32-27-31-16-18-10-11-23-22(25(18)34-27)15-24(39-23)26(36)35-13-12-21(17-35)33-28(37)38-30(4,5)6;32-26(31-11-13-33-14-12-31)24-16-22-23(34-24)10-9-20-17-28-27(30-25(20)22)29-21-8-4-7-19(15-21)18-5-2-1-3-6-18;1-26(2,3)18-6-5-7-19(14-18)28-25-27-16-17-8-9-21-20(23(17)29-25)15-22(33-21)24(32)31-12-10-30(4)11-13-31;1-25(2,3)17-5-4-6-18(13-17)27-24-26-15-16-7-8-20-19(22(16)28-24)14-21(32-20)23(30)29-9-11-31-12-10-29/h7-11,14-16,21H,12-13,17H2,1-6H3,(H,33,37)(H,31,32,34);1-10,15-17H,11-14H2,(H,28,29,30);5-9,14-16H,10-13H2,1-4H3,(H,27,28,29);4-8,13-15H,9-12H2,1-3H3,(H,26,27,28). The van der Waals surface area contributed by atoms with Gasteiger partial charge in [-0.25, -0.2) is 44.7 Å². The monoisotopic (exact) mass is 1920 g/mol. The highest BCUT2D eigenvalue weighted by Gasteiger charge is 2.33. The molecule has 26 nitrogen and oxygen atoms in total. The number of likely N-dealkylation sites (tertiary alicyclic amines) is 1. The molecule has 12 heterocycles. The zero-order valence-electron chi connectivity index (χ0n) is 79.8. The fourth-order valence-corrected chi connectivity index (χ4v) is 21.0. The van der Waals surface area contributed by atoms with Crippen molar-refractivity contribution >= 4 is 206 Å². The summed E-state index contributed by atoms with van der Waals surface area (Å²) < 4.78 is 20.3. The third-order valence-electron chi connectivity index (χ3n) is 24.6. The van der Waals surface area contributed by atoms with Gasteiger partial charge in [-0.05, 0) is 200 Å². The van der Waals surface area contributed by atoms with E-state index in [0.29, 0.717) is 101 Å². The average Bonchev–Trinajstić information content (AvgIpc) is 1.63. The minimum Gasteiger partial charge on any atom is -0.444 e. The molecule has 21 rings (SSSR count). The van der Waals surface area contributed by atoms with E-state index in [9.17, 15) is 24.0 Å². The van der Waals surface area contributed by atoms with Crippen molar-refractivity contribution in [1.29, 1.82) is 0 Å². The predicted molar refractivity (Wildman–Crippen MR) is 561 cm³/mol. The molecule has 0 bridgehead atoms. The second kappa shape index (κ2) is 40.2. The number of nitrogens with one attached hydrogen (secondary N) is 5. The van der Waals surface area contributed by atoms with Crippen LogP contribution in [0.4, 0.5) is 51.3 Å². The number of benzene rings is 9. The van der Waals surface area contributed by atoms with Gasteiger partial charge in [0.1, 0.15) is 5.60 Å². The molecule has 138 heavy (non-hydrogen) atoms. The van der Waals surface area contributed by atoms with Crippen molar-refractivity contribution in [1.82, 2.24) is 69.7 Å². The number of morpholine rings is 2. The summed E-state index contributed by atoms with van der Waals surface area (Å²) in [5.41, 5.74) is 12.7. The van der Waals surface area contributed by atoms with E-state index in [4.69, 9.17) is 34.1 Å². The molecule has 5 amide bonds. The van der Waals surface area contributed by atoms with Crippen molar-refractivity contribution in [3.8, 4) is 11.1 Å². The number of aromatic nitrogens is 8. The van der Waals surface area contributed by atoms with Crippen LogP contribution in [0.3, 0.4) is 0 Å². The van der Waals surface area contributed by atoms with Gasteiger partial charge in [0.2, 0.25) is 23.8 Å². The van der Waals surface area contributed by atoms with Crippen LogP contribution in [-0.2, 0) is 30.5 Å². The molecule has 1 atom stereocenters. The Bertz CT molecular complexity index is 7420. The zero-order valence-corrected chi connectivity index (χ0v) is 83.0. The lowest BCUT2D eigenvalue weighted by molar-refractivity contribution is 0.0304. The number of amides is 5. The number of hydrogen-bond acceptors (Lipinski definition) is 25. The number of alkyl carbamates (subject to hydrolysis) is 1. The molecule has 4 aliphatic heterocycles. The van der Waals surface area contributed by atoms with Crippen LogP contribution in [-0.4, -0.2) is 205 Å². The Labute approximate surface area is 817 Å². The third kappa shape index (κ3) is 22.3. The van der Waals surface area contributed by atoms with Crippen molar-refractivity contribution in [3.63, 3.8) is 0 Å². The summed E-state index contributed by atoms with van der Waals surface area (Å²) in [6.07, 6.45) is 7.55. The lowest BCUT2D eigenvalue weighted by Crippen LogP contribution is -2.46. The second-order valence-corrected chi connectivity index (χ2v) is 43.4. The van der Waals surface area contributed by atoms with Crippen molar-refractivity contribution in [2.75, 3.05) is 120 Å². The molecular weight excluding hydrogens is 1810 g/mol. The van der Waals surface area contributed by atoms with Crippen LogP contribution < -0.4 is 26.6 Å². The van der Waals surface area contributed by atoms with Crippen LogP contribution in [0.1, 0.15) is 145 Å². The molecule has 8 aromatic heterocycles. The van der Waals surface area contributed by atoms with Gasteiger partial charge in [0.05, 0.1) is 74.0 Å². The van der Waals surface area contributed by atoms with E-state index in [-0.39, 0.29) is 45.9 Å².